The number of benzene rings is 1. The highest BCUT2D eigenvalue weighted by Gasteiger charge is 2.11. The Morgan fingerprint density at radius 1 is 1.43 bits per heavy atom. The van der Waals surface area contributed by atoms with Crippen molar-refractivity contribution in [2.45, 2.75) is 6.10 Å². The van der Waals surface area contributed by atoms with Crippen LogP contribution in [0.4, 0.5) is 4.39 Å². The molecule has 1 aromatic carbocycles. The minimum absolute atomic E-state index is 0.207. The van der Waals surface area contributed by atoms with Crippen LogP contribution in [0.15, 0.2) is 47.9 Å². The highest BCUT2D eigenvalue weighted by atomic mass is 32.1. The number of carbonyl (C=O) groups excluding carboxylic acids is 1. The number of ether oxygens (including phenoxy) is 1. The Hall–Kier alpha value is -1.98. The Bertz CT molecular complexity index is 610. The lowest BCUT2D eigenvalue weighted by Gasteiger charge is -2.16. The molecular formula is C16H16FNO2S. The summed E-state index contributed by atoms with van der Waals surface area (Å²) in [5.74, 6) is -0.527. The fourth-order valence-corrected chi connectivity index (χ4v) is 2.46. The summed E-state index contributed by atoms with van der Waals surface area (Å²) in [7, 11) is 1.53. The van der Waals surface area contributed by atoms with E-state index in [0.29, 0.717) is 5.56 Å². The lowest BCUT2D eigenvalue weighted by molar-refractivity contribution is -0.117. The van der Waals surface area contributed by atoms with Crippen molar-refractivity contribution in [1.82, 2.24) is 5.32 Å². The summed E-state index contributed by atoms with van der Waals surface area (Å²) in [4.78, 5) is 12.7. The minimum Gasteiger partial charge on any atom is -0.375 e. The fraction of sp³-hybridized carbons (Fsp3) is 0.188. The van der Waals surface area contributed by atoms with Gasteiger partial charge in [-0.3, -0.25) is 4.79 Å². The van der Waals surface area contributed by atoms with Crippen molar-refractivity contribution in [1.29, 1.82) is 0 Å². The second-order valence-corrected chi connectivity index (χ2v) is 5.35. The summed E-state index contributed by atoms with van der Waals surface area (Å²) in [6.07, 6.45) is 2.86. The Morgan fingerprint density at radius 2 is 2.29 bits per heavy atom. The molecule has 1 heterocycles. The number of hydrogen-bond acceptors (Lipinski definition) is 3. The molecule has 0 radical (unpaired) electrons. The zero-order valence-electron chi connectivity index (χ0n) is 11.6. The molecule has 1 unspecified atom stereocenters. The Labute approximate surface area is 127 Å². The second-order valence-electron chi connectivity index (χ2n) is 4.37. The highest BCUT2D eigenvalue weighted by Crippen LogP contribution is 2.16. The molecule has 0 bridgehead atoms. The maximum absolute atomic E-state index is 13.2. The van der Waals surface area contributed by atoms with Crippen LogP contribution in [0.25, 0.3) is 6.08 Å². The van der Waals surface area contributed by atoms with E-state index in [4.69, 9.17) is 4.74 Å². The van der Waals surface area contributed by atoms with Crippen molar-refractivity contribution in [3.63, 3.8) is 0 Å². The van der Waals surface area contributed by atoms with Gasteiger partial charge < -0.3 is 10.1 Å². The molecule has 110 valence electrons. The van der Waals surface area contributed by atoms with E-state index in [-0.39, 0.29) is 24.4 Å². The molecule has 3 nitrogen and oxygen atoms in total. The number of hydrogen-bond donors (Lipinski definition) is 1. The van der Waals surface area contributed by atoms with Crippen molar-refractivity contribution in [2.75, 3.05) is 13.7 Å². The standard InChI is InChI=1S/C16H16FNO2S/c1-20-15(12-4-2-5-13(17)10-12)11-18-16(19)8-7-14-6-3-9-21-14/h2-10,15H,11H2,1H3,(H,18,19)/b8-7+. The van der Waals surface area contributed by atoms with Gasteiger partial charge in [0.2, 0.25) is 5.91 Å². The maximum Gasteiger partial charge on any atom is 0.244 e. The molecule has 1 aromatic heterocycles. The molecule has 2 rings (SSSR count). The average molecular weight is 305 g/mol. The van der Waals surface area contributed by atoms with Crippen LogP contribution in [0.5, 0.6) is 0 Å². The summed E-state index contributed by atoms with van der Waals surface area (Å²) in [6, 6.07) is 10.0. The lowest BCUT2D eigenvalue weighted by atomic mass is 10.1. The number of halogens is 1. The van der Waals surface area contributed by atoms with Gasteiger partial charge in [-0.15, -0.1) is 11.3 Å². The van der Waals surface area contributed by atoms with Gasteiger partial charge in [-0.2, -0.15) is 0 Å². The van der Waals surface area contributed by atoms with E-state index in [1.54, 1.807) is 29.5 Å². The van der Waals surface area contributed by atoms with E-state index >= 15 is 0 Å². The molecule has 0 aliphatic carbocycles. The van der Waals surface area contributed by atoms with Gasteiger partial charge in [0.1, 0.15) is 5.82 Å². The molecule has 0 aliphatic heterocycles. The predicted molar refractivity (Wildman–Crippen MR) is 82.5 cm³/mol. The second kappa shape index (κ2) is 7.71. The third-order valence-electron chi connectivity index (χ3n) is 2.91. The average Bonchev–Trinajstić information content (AvgIpc) is 2.99. The van der Waals surface area contributed by atoms with Crippen LogP contribution in [-0.4, -0.2) is 19.6 Å². The molecule has 21 heavy (non-hydrogen) atoms. The van der Waals surface area contributed by atoms with Crippen molar-refractivity contribution in [3.8, 4) is 0 Å². The number of rotatable bonds is 6. The van der Waals surface area contributed by atoms with Gasteiger partial charge in [0.15, 0.2) is 0 Å². The molecule has 5 heteroatoms. The molecule has 0 fully saturated rings. The van der Waals surface area contributed by atoms with E-state index < -0.39 is 0 Å². The maximum atomic E-state index is 13.2. The number of thiophene rings is 1. The van der Waals surface area contributed by atoms with Crippen molar-refractivity contribution >= 4 is 23.3 Å². The normalized spacial score (nSPS) is 12.5. The first-order valence-electron chi connectivity index (χ1n) is 6.46. The Kier molecular flexibility index (Phi) is 5.66. The van der Waals surface area contributed by atoms with Crippen LogP contribution in [0.1, 0.15) is 16.5 Å². The highest BCUT2D eigenvalue weighted by molar-refractivity contribution is 7.10. The first-order valence-corrected chi connectivity index (χ1v) is 7.34. The molecule has 1 amide bonds. The van der Waals surface area contributed by atoms with Gasteiger partial charge in [-0.1, -0.05) is 18.2 Å². The van der Waals surface area contributed by atoms with Gasteiger partial charge in [0.05, 0.1) is 6.10 Å². The van der Waals surface area contributed by atoms with Crippen LogP contribution >= 0.6 is 11.3 Å². The molecule has 0 aliphatic rings. The van der Waals surface area contributed by atoms with E-state index in [2.05, 4.69) is 5.32 Å². The molecule has 0 saturated carbocycles. The predicted octanol–water partition coefficient (Wildman–Crippen LogP) is 3.40. The Balaban J connectivity index is 1.89. The van der Waals surface area contributed by atoms with Gasteiger partial charge in [-0.25, -0.2) is 4.39 Å². The van der Waals surface area contributed by atoms with E-state index in [9.17, 15) is 9.18 Å². The third-order valence-corrected chi connectivity index (χ3v) is 3.75. The van der Waals surface area contributed by atoms with Gasteiger partial charge in [0, 0.05) is 24.6 Å². The van der Waals surface area contributed by atoms with Crippen LogP contribution in [-0.2, 0) is 9.53 Å². The summed E-state index contributed by atoms with van der Waals surface area (Å²) >= 11 is 1.56. The number of methoxy groups -OCH3 is 1. The topological polar surface area (TPSA) is 38.3 Å². The fourth-order valence-electron chi connectivity index (χ4n) is 1.84. The smallest absolute Gasteiger partial charge is 0.244 e. The van der Waals surface area contributed by atoms with Gasteiger partial charge >= 0.3 is 0 Å². The zero-order valence-corrected chi connectivity index (χ0v) is 12.4. The molecule has 0 spiro atoms. The SMILES string of the molecule is COC(CNC(=O)/C=C/c1cccs1)c1cccc(F)c1. The van der Waals surface area contributed by atoms with Crippen LogP contribution in [0, 0.1) is 5.82 Å². The first-order chi connectivity index (χ1) is 10.2. The van der Waals surface area contributed by atoms with Crippen LogP contribution in [0.3, 0.4) is 0 Å². The van der Waals surface area contributed by atoms with Crippen molar-refractivity contribution < 1.29 is 13.9 Å². The number of amides is 1. The third kappa shape index (κ3) is 4.81. The quantitative estimate of drug-likeness (QED) is 0.831. The molecule has 1 N–H and O–H groups in total. The summed E-state index contributed by atoms with van der Waals surface area (Å²) in [6.45, 7) is 0.285. The number of carbonyl (C=O) groups is 1. The van der Waals surface area contributed by atoms with Crippen molar-refractivity contribution in [2.24, 2.45) is 0 Å². The van der Waals surface area contributed by atoms with E-state index in [1.807, 2.05) is 17.5 Å². The van der Waals surface area contributed by atoms with E-state index in [1.165, 1.54) is 25.3 Å². The summed E-state index contributed by atoms with van der Waals surface area (Å²) < 4.78 is 18.5. The number of nitrogens with one attached hydrogen (secondary N) is 1. The van der Waals surface area contributed by atoms with E-state index in [0.717, 1.165) is 4.88 Å². The zero-order chi connectivity index (χ0) is 15.1. The Morgan fingerprint density at radius 3 is 2.95 bits per heavy atom. The van der Waals surface area contributed by atoms with Gasteiger partial charge in [0.25, 0.3) is 0 Å². The minimum atomic E-state index is -0.375. The molecule has 0 saturated heterocycles. The molecular weight excluding hydrogens is 289 g/mol. The lowest BCUT2D eigenvalue weighted by Crippen LogP contribution is -2.27. The van der Waals surface area contributed by atoms with Crippen LogP contribution in [0.2, 0.25) is 0 Å². The largest absolute Gasteiger partial charge is 0.375 e. The van der Waals surface area contributed by atoms with Crippen LogP contribution < -0.4 is 5.32 Å². The summed E-state index contributed by atoms with van der Waals surface area (Å²) in [5.41, 5.74) is 0.694. The first kappa shape index (κ1) is 15.4. The van der Waals surface area contributed by atoms with Crippen molar-refractivity contribution in [3.05, 3.63) is 64.1 Å². The molecule has 2 aromatic rings. The monoisotopic (exact) mass is 305 g/mol. The molecule has 1 atom stereocenters. The summed E-state index contributed by atoms with van der Waals surface area (Å²) in [5, 5.41) is 4.69. The van der Waals surface area contributed by atoms with Gasteiger partial charge in [-0.05, 0) is 35.2 Å².